The third-order valence-corrected chi connectivity index (χ3v) is 4.75. The molecule has 0 fully saturated rings. The lowest BCUT2D eigenvalue weighted by Crippen LogP contribution is -3.06. The molecular formula is C18H20NO2S+. The molecule has 22 heavy (non-hydrogen) atoms. The van der Waals surface area contributed by atoms with Crippen LogP contribution in [0.5, 0.6) is 0 Å². The van der Waals surface area contributed by atoms with Crippen LogP contribution in [0.2, 0.25) is 0 Å². The largest absolute Gasteiger partial charge is 0.423 e. The monoisotopic (exact) mass is 314 g/mol. The molecule has 114 valence electrons. The van der Waals surface area contributed by atoms with Crippen molar-refractivity contribution in [2.24, 2.45) is 0 Å². The van der Waals surface area contributed by atoms with E-state index in [0.29, 0.717) is 5.58 Å². The fourth-order valence-corrected chi connectivity index (χ4v) is 3.43. The lowest BCUT2D eigenvalue weighted by Gasteiger charge is -2.15. The van der Waals surface area contributed by atoms with Gasteiger partial charge in [0.1, 0.15) is 18.7 Å². The van der Waals surface area contributed by atoms with Crippen molar-refractivity contribution in [1.29, 1.82) is 0 Å². The minimum atomic E-state index is -0.269. The Labute approximate surface area is 133 Å². The highest BCUT2D eigenvalue weighted by atomic mass is 32.1. The molecule has 0 amide bonds. The summed E-state index contributed by atoms with van der Waals surface area (Å²) in [6.07, 6.45) is 0. The molecule has 1 atom stereocenters. The first-order valence-corrected chi connectivity index (χ1v) is 8.33. The van der Waals surface area contributed by atoms with Crippen LogP contribution >= 0.6 is 11.3 Å². The number of benzene rings is 1. The summed E-state index contributed by atoms with van der Waals surface area (Å²) in [6, 6.07) is 7.87. The number of aryl methyl sites for hydroxylation is 2. The quantitative estimate of drug-likeness (QED) is 0.751. The van der Waals surface area contributed by atoms with Crippen molar-refractivity contribution < 1.29 is 9.32 Å². The summed E-state index contributed by atoms with van der Waals surface area (Å²) in [5, 5.41) is 5.32. The molecule has 3 aromatic rings. The van der Waals surface area contributed by atoms with Crippen molar-refractivity contribution in [3.63, 3.8) is 0 Å². The molecular weight excluding hydrogens is 294 g/mol. The van der Waals surface area contributed by atoms with Crippen LogP contribution < -0.4 is 10.5 Å². The van der Waals surface area contributed by atoms with Crippen LogP contribution in [-0.4, -0.2) is 7.05 Å². The van der Waals surface area contributed by atoms with Gasteiger partial charge in [-0.1, -0.05) is 0 Å². The molecule has 0 radical (unpaired) electrons. The lowest BCUT2D eigenvalue weighted by molar-refractivity contribution is -0.907. The highest BCUT2D eigenvalue weighted by Gasteiger charge is 2.12. The summed E-state index contributed by atoms with van der Waals surface area (Å²) in [5.41, 5.74) is 5.18. The summed E-state index contributed by atoms with van der Waals surface area (Å²) >= 11 is 1.72. The van der Waals surface area contributed by atoms with Gasteiger partial charge in [-0.05, 0) is 53.9 Å². The molecule has 3 nitrogen and oxygen atoms in total. The highest BCUT2D eigenvalue weighted by Crippen LogP contribution is 2.21. The van der Waals surface area contributed by atoms with E-state index in [1.165, 1.54) is 16.0 Å². The zero-order valence-corrected chi connectivity index (χ0v) is 13.9. The zero-order valence-electron chi connectivity index (χ0n) is 13.1. The van der Waals surface area contributed by atoms with E-state index >= 15 is 0 Å². The topological polar surface area (TPSA) is 34.6 Å². The van der Waals surface area contributed by atoms with Gasteiger partial charge in [-0.15, -0.1) is 0 Å². The van der Waals surface area contributed by atoms with Crippen LogP contribution in [0.3, 0.4) is 0 Å². The SMILES string of the molecule is Cc1cc2oc(=O)cc(C[NH+](C)Cc3ccsc3)c2cc1C. The van der Waals surface area contributed by atoms with E-state index in [9.17, 15) is 4.79 Å². The van der Waals surface area contributed by atoms with E-state index in [-0.39, 0.29) is 5.63 Å². The zero-order chi connectivity index (χ0) is 15.7. The van der Waals surface area contributed by atoms with E-state index in [0.717, 1.165) is 29.6 Å². The van der Waals surface area contributed by atoms with Crippen molar-refractivity contribution in [2.45, 2.75) is 26.9 Å². The Morgan fingerprint density at radius 1 is 1.14 bits per heavy atom. The number of hydrogen-bond donors (Lipinski definition) is 1. The van der Waals surface area contributed by atoms with Crippen LogP contribution in [0.25, 0.3) is 11.0 Å². The van der Waals surface area contributed by atoms with Gasteiger partial charge in [0.2, 0.25) is 0 Å². The summed E-state index contributed by atoms with van der Waals surface area (Å²) < 4.78 is 5.36. The van der Waals surface area contributed by atoms with Gasteiger partial charge in [0.25, 0.3) is 0 Å². The Bertz CT molecular complexity index is 849. The third kappa shape index (κ3) is 3.13. The second-order valence-corrected chi connectivity index (χ2v) is 6.75. The Balaban J connectivity index is 1.95. The minimum Gasteiger partial charge on any atom is -0.423 e. The Kier molecular flexibility index (Phi) is 4.14. The van der Waals surface area contributed by atoms with Gasteiger partial charge < -0.3 is 9.32 Å². The molecule has 3 rings (SSSR count). The maximum absolute atomic E-state index is 11.8. The maximum atomic E-state index is 11.8. The van der Waals surface area contributed by atoms with Crippen LogP contribution in [0.15, 0.2) is 44.2 Å². The average molecular weight is 314 g/mol. The van der Waals surface area contributed by atoms with Crippen LogP contribution in [0.1, 0.15) is 22.3 Å². The fourth-order valence-electron chi connectivity index (χ4n) is 2.76. The van der Waals surface area contributed by atoms with Crippen LogP contribution in [0, 0.1) is 13.8 Å². The van der Waals surface area contributed by atoms with Gasteiger partial charge in [-0.3, -0.25) is 0 Å². The number of quaternary nitrogens is 1. The van der Waals surface area contributed by atoms with E-state index < -0.39 is 0 Å². The highest BCUT2D eigenvalue weighted by molar-refractivity contribution is 7.07. The molecule has 1 N–H and O–H groups in total. The number of thiophene rings is 1. The first kappa shape index (κ1) is 15.0. The average Bonchev–Trinajstić information content (AvgIpc) is 2.93. The molecule has 0 saturated carbocycles. The van der Waals surface area contributed by atoms with E-state index in [2.05, 4.69) is 36.9 Å². The second kappa shape index (κ2) is 6.07. The second-order valence-electron chi connectivity index (χ2n) is 5.97. The van der Waals surface area contributed by atoms with E-state index in [1.54, 1.807) is 17.4 Å². The van der Waals surface area contributed by atoms with E-state index in [4.69, 9.17) is 4.42 Å². The van der Waals surface area contributed by atoms with Crippen molar-refractivity contribution in [3.8, 4) is 0 Å². The number of fused-ring (bicyclic) bond motifs is 1. The first-order chi connectivity index (χ1) is 10.5. The predicted molar refractivity (Wildman–Crippen MR) is 90.6 cm³/mol. The normalized spacial score (nSPS) is 12.7. The molecule has 1 aromatic carbocycles. The molecule has 0 aliphatic heterocycles. The first-order valence-electron chi connectivity index (χ1n) is 7.39. The summed E-state index contributed by atoms with van der Waals surface area (Å²) in [4.78, 5) is 13.2. The van der Waals surface area contributed by atoms with Crippen molar-refractivity contribution >= 4 is 22.3 Å². The molecule has 0 spiro atoms. The van der Waals surface area contributed by atoms with Gasteiger partial charge in [0.05, 0.1) is 7.05 Å². The van der Waals surface area contributed by atoms with Crippen LogP contribution in [-0.2, 0) is 13.1 Å². The molecule has 0 saturated heterocycles. The predicted octanol–water partition coefficient (Wildman–Crippen LogP) is 2.69. The van der Waals surface area contributed by atoms with E-state index in [1.807, 2.05) is 13.0 Å². The molecule has 2 aromatic heterocycles. The molecule has 1 unspecified atom stereocenters. The maximum Gasteiger partial charge on any atom is 0.336 e. The third-order valence-electron chi connectivity index (χ3n) is 4.02. The number of hydrogen-bond acceptors (Lipinski definition) is 3. The minimum absolute atomic E-state index is 0.269. The molecule has 0 aliphatic rings. The molecule has 0 aliphatic carbocycles. The fraction of sp³-hybridized carbons (Fsp3) is 0.278. The Hall–Kier alpha value is -1.91. The summed E-state index contributed by atoms with van der Waals surface area (Å²) in [7, 11) is 2.15. The summed E-state index contributed by atoms with van der Waals surface area (Å²) in [5.74, 6) is 0. The van der Waals surface area contributed by atoms with Gasteiger partial charge >= 0.3 is 5.63 Å². The van der Waals surface area contributed by atoms with Crippen molar-refractivity contribution in [3.05, 3.63) is 67.7 Å². The molecule has 0 bridgehead atoms. The van der Waals surface area contributed by atoms with Gasteiger partial charge in [-0.25, -0.2) is 4.79 Å². The van der Waals surface area contributed by atoms with Gasteiger partial charge in [0, 0.05) is 22.6 Å². The molecule has 4 heteroatoms. The molecule has 2 heterocycles. The number of nitrogens with one attached hydrogen (secondary N) is 1. The Morgan fingerprint density at radius 2 is 1.91 bits per heavy atom. The summed E-state index contributed by atoms with van der Waals surface area (Å²) in [6.45, 7) is 5.89. The number of rotatable bonds is 4. The standard InChI is InChI=1S/C18H19NO2S/c1-12-6-16-15(8-18(20)21-17(16)7-13(12)2)10-19(3)9-14-4-5-22-11-14/h4-8,11H,9-10H2,1-3H3/p+1. The van der Waals surface area contributed by atoms with Crippen molar-refractivity contribution in [1.82, 2.24) is 0 Å². The van der Waals surface area contributed by atoms with Gasteiger partial charge in [-0.2, -0.15) is 11.3 Å². The Morgan fingerprint density at radius 3 is 2.64 bits per heavy atom. The lowest BCUT2D eigenvalue weighted by atomic mass is 10.0. The van der Waals surface area contributed by atoms with Gasteiger partial charge in [0.15, 0.2) is 0 Å². The smallest absolute Gasteiger partial charge is 0.336 e. The van der Waals surface area contributed by atoms with Crippen LogP contribution in [0.4, 0.5) is 0 Å². The van der Waals surface area contributed by atoms with Crippen molar-refractivity contribution in [2.75, 3.05) is 7.05 Å².